The van der Waals surface area contributed by atoms with Crippen molar-refractivity contribution in [2.24, 2.45) is 0 Å². The number of carbonyl (C=O) groups excluding carboxylic acids is 3. The Hall–Kier alpha value is -5.06. The van der Waals surface area contributed by atoms with Crippen molar-refractivity contribution in [3.8, 4) is 17.0 Å². The molecule has 0 bridgehead atoms. The number of benzene rings is 3. The molecule has 4 aromatic rings. The van der Waals surface area contributed by atoms with Crippen molar-refractivity contribution < 1.29 is 28.2 Å². The van der Waals surface area contributed by atoms with E-state index in [1.807, 2.05) is 36.4 Å². The van der Waals surface area contributed by atoms with E-state index in [1.165, 1.54) is 19.2 Å². The Bertz CT molecular complexity index is 1590. The number of rotatable bonds is 11. The second-order valence-corrected chi connectivity index (χ2v) is 9.88. The molecule has 5 rings (SSSR count). The molecule has 1 aliphatic rings. The largest absolute Gasteiger partial charge is 0.484 e. The molecule has 1 aromatic heterocycles. The number of amides is 3. The molecule has 1 atom stereocenters. The second kappa shape index (κ2) is 13.1. The summed E-state index contributed by atoms with van der Waals surface area (Å²) < 4.78 is 24.7. The van der Waals surface area contributed by atoms with Crippen molar-refractivity contribution in [1.82, 2.24) is 20.9 Å². The van der Waals surface area contributed by atoms with Crippen LogP contribution in [0.4, 0.5) is 14.9 Å². The maximum atomic E-state index is 13.8. The molecule has 10 nitrogen and oxygen atoms in total. The highest BCUT2D eigenvalue weighted by Gasteiger charge is 2.22. The number of ether oxygens (including phenoxy) is 2. The van der Waals surface area contributed by atoms with Crippen LogP contribution in [0.2, 0.25) is 0 Å². The molecule has 42 heavy (non-hydrogen) atoms. The van der Waals surface area contributed by atoms with Crippen LogP contribution in [0.15, 0.2) is 66.7 Å². The SMILES string of the molecule is CNC(=O)C(CCCNC(=O)OCc1ccccc1)NC(=O)COc1ccc2c(c1)NCc1c-2[nH]c2ccc(F)cc12. The first-order chi connectivity index (χ1) is 20.4. The third-order valence-electron chi connectivity index (χ3n) is 7.00. The Kier molecular flexibility index (Phi) is 8.86. The minimum atomic E-state index is -0.788. The van der Waals surface area contributed by atoms with E-state index >= 15 is 0 Å². The van der Waals surface area contributed by atoms with Crippen LogP contribution < -0.4 is 26.0 Å². The summed E-state index contributed by atoms with van der Waals surface area (Å²) in [6.45, 7) is 0.675. The number of hydrogen-bond acceptors (Lipinski definition) is 6. The highest BCUT2D eigenvalue weighted by molar-refractivity contribution is 5.95. The molecule has 218 valence electrons. The van der Waals surface area contributed by atoms with E-state index < -0.39 is 18.0 Å². The number of nitrogens with one attached hydrogen (secondary N) is 5. The van der Waals surface area contributed by atoms with Crippen molar-refractivity contribution in [2.75, 3.05) is 25.5 Å². The van der Waals surface area contributed by atoms with Crippen LogP contribution in [0.5, 0.6) is 5.75 Å². The van der Waals surface area contributed by atoms with E-state index in [0.29, 0.717) is 25.1 Å². The van der Waals surface area contributed by atoms with E-state index in [2.05, 4.69) is 26.3 Å². The summed E-state index contributed by atoms with van der Waals surface area (Å²) in [6.07, 6.45) is 0.199. The summed E-state index contributed by atoms with van der Waals surface area (Å²) in [7, 11) is 1.49. The molecule has 2 heterocycles. The van der Waals surface area contributed by atoms with Gasteiger partial charge in [0.2, 0.25) is 5.91 Å². The number of carbonyl (C=O) groups is 3. The lowest BCUT2D eigenvalue weighted by molar-refractivity contribution is -0.129. The predicted octanol–water partition coefficient (Wildman–Crippen LogP) is 4.22. The summed E-state index contributed by atoms with van der Waals surface area (Å²) in [5.74, 6) is -0.602. The molecule has 0 fully saturated rings. The van der Waals surface area contributed by atoms with Gasteiger partial charge in [-0.3, -0.25) is 9.59 Å². The van der Waals surface area contributed by atoms with Crippen molar-refractivity contribution in [3.63, 3.8) is 0 Å². The zero-order valence-electron chi connectivity index (χ0n) is 23.1. The van der Waals surface area contributed by atoms with Crippen LogP contribution in [0.1, 0.15) is 24.0 Å². The Morgan fingerprint density at radius 1 is 1.05 bits per heavy atom. The normalized spacial score (nSPS) is 12.3. The third kappa shape index (κ3) is 6.80. The van der Waals surface area contributed by atoms with E-state index in [9.17, 15) is 18.8 Å². The quantitative estimate of drug-likeness (QED) is 0.171. The summed E-state index contributed by atoms with van der Waals surface area (Å²) >= 11 is 0. The average Bonchev–Trinajstić information content (AvgIpc) is 3.38. The van der Waals surface area contributed by atoms with E-state index in [0.717, 1.165) is 39.0 Å². The van der Waals surface area contributed by atoms with Gasteiger partial charge in [0, 0.05) is 53.9 Å². The summed E-state index contributed by atoms with van der Waals surface area (Å²) in [6, 6.07) is 18.7. The van der Waals surface area contributed by atoms with E-state index in [-0.39, 0.29) is 31.5 Å². The Labute approximate surface area is 242 Å². The van der Waals surface area contributed by atoms with Gasteiger partial charge in [0.1, 0.15) is 24.2 Å². The first-order valence-electron chi connectivity index (χ1n) is 13.7. The zero-order chi connectivity index (χ0) is 29.5. The summed E-state index contributed by atoms with van der Waals surface area (Å²) in [4.78, 5) is 40.3. The first kappa shape index (κ1) is 28.5. The Morgan fingerprint density at radius 3 is 2.69 bits per heavy atom. The first-order valence-corrected chi connectivity index (χ1v) is 13.7. The van der Waals surface area contributed by atoms with Gasteiger partial charge in [0.25, 0.3) is 5.91 Å². The van der Waals surface area contributed by atoms with Gasteiger partial charge in [0.15, 0.2) is 6.61 Å². The minimum Gasteiger partial charge on any atom is -0.484 e. The summed E-state index contributed by atoms with van der Waals surface area (Å²) in [5, 5.41) is 12.1. The van der Waals surface area contributed by atoms with Crippen LogP contribution in [0.3, 0.4) is 0 Å². The standard InChI is InChI=1S/C31H32FN5O5/c1-33-30(39)26(8-5-13-34-31(40)42-17-19-6-3-2-4-7-19)36-28(38)18-41-21-10-11-22-27(15-21)35-16-24-23-14-20(32)9-12-25(23)37-29(22)24/h2-4,6-7,9-12,14-15,26,35,37H,5,8,13,16-18H2,1H3,(H,33,39)(H,34,40)(H,36,38). The molecule has 3 aromatic carbocycles. The van der Waals surface area contributed by atoms with Crippen LogP contribution in [0.25, 0.3) is 22.2 Å². The molecule has 0 radical (unpaired) electrons. The number of aromatic nitrogens is 1. The maximum absolute atomic E-state index is 13.8. The number of hydrogen-bond donors (Lipinski definition) is 5. The molecule has 1 unspecified atom stereocenters. The molecule has 1 aliphatic heterocycles. The molecule has 0 saturated carbocycles. The van der Waals surface area contributed by atoms with E-state index in [1.54, 1.807) is 18.2 Å². The van der Waals surface area contributed by atoms with Crippen LogP contribution in [-0.2, 0) is 27.5 Å². The lowest BCUT2D eigenvalue weighted by Crippen LogP contribution is -2.47. The van der Waals surface area contributed by atoms with Gasteiger partial charge in [0.05, 0.1) is 5.69 Å². The lowest BCUT2D eigenvalue weighted by Gasteiger charge is -2.20. The van der Waals surface area contributed by atoms with Gasteiger partial charge in [-0.25, -0.2) is 9.18 Å². The third-order valence-corrected chi connectivity index (χ3v) is 7.00. The van der Waals surface area contributed by atoms with Gasteiger partial charge in [-0.1, -0.05) is 30.3 Å². The van der Waals surface area contributed by atoms with Crippen molar-refractivity contribution >= 4 is 34.5 Å². The molecule has 0 saturated heterocycles. The zero-order valence-corrected chi connectivity index (χ0v) is 23.1. The van der Waals surface area contributed by atoms with Crippen LogP contribution in [0, 0.1) is 5.82 Å². The Morgan fingerprint density at radius 2 is 1.88 bits per heavy atom. The van der Waals surface area contributed by atoms with Crippen LogP contribution in [-0.4, -0.2) is 49.1 Å². The number of likely N-dealkylation sites (N-methyl/N-ethyl adjacent to an activating group) is 1. The van der Waals surface area contributed by atoms with Crippen molar-refractivity contribution in [3.05, 3.63) is 83.7 Å². The molecule has 11 heteroatoms. The van der Waals surface area contributed by atoms with Gasteiger partial charge < -0.3 is 35.7 Å². The monoisotopic (exact) mass is 573 g/mol. The molecule has 3 amide bonds. The number of alkyl carbamates (subject to hydrolysis) is 1. The average molecular weight is 574 g/mol. The predicted molar refractivity (Wildman–Crippen MR) is 156 cm³/mol. The van der Waals surface area contributed by atoms with Gasteiger partial charge in [-0.15, -0.1) is 0 Å². The van der Waals surface area contributed by atoms with Gasteiger partial charge in [-0.2, -0.15) is 0 Å². The number of H-pyrrole nitrogens is 1. The smallest absolute Gasteiger partial charge is 0.407 e. The molecule has 0 aliphatic carbocycles. The number of aromatic amines is 1. The fourth-order valence-electron chi connectivity index (χ4n) is 4.89. The van der Waals surface area contributed by atoms with Gasteiger partial charge >= 0.3 is 6.09 Å². The highest BCUT2D eigenvalue weighted by Crippen LogP contribution is 2.40. The van der Waals surface area contributed by atoms with Crippen molar-refractivity contribution in [2.45, 2.75) is 32.0 Å². The van der Waals surface area contributed by atoms with E-state index in [4.69, 9.17) is 9.47 Å². The number of anilines is 1. The topological polar surface area (TPSA) is 134 Å². The number of halogens is 1. The maximum Gasteiger partial charge on any atom is 0.407 e. The molecule has 5 N–H and O–H groups in total. The van der Waals surface area contributed by atoms with Gasteiger partial charge in [-0.05, 0) is 48.7 Å². The molecular formula is C31H32FN5O5. The van der Waals surface area contributed by atoms with Crippen LogP contribution >= 0.6 is 0 Å². The lowest BCUT2D eigenvalue weighted by atomic mass is 9.99. The Balaban J connectivity index is 1.10. The fourth-order valence-corrected chi connectivity index (χ4v) is 4.89. The summed E-state index contributed by atoms with van der Waals surface area (Å²) in [5.41, 5.74) is 5.39. The molecule has 0 spiro atoms. The van der Waals surface area contributed by atoms with Crippen molar-refractivity contribution in [1.29, 1.82) is 0 Å². The molecular weight excluding hydrogens is 541 g/mol. The fraction of sp³-hybridized carbons (Fsp3) is 0.258. The highest BCUT2D eigenvalue weighted by atomic mass is 19.1. The number of fused-ring (bicyclic) bond motifs is 5. The second-order valence-electron chi connectivity index (χ2n) is 9.88. The minimum absolute atomic E-state index is 0.162.